The minimum Gasteiger partial charge on any atom is -0.379 e. The Hall–Kier alpha value is -0.630. The largest absolute Gasteiger partial charge is 0.379 e. The minimum absolute atomic E-state index is 0.393. The summed E-state index contributed by atoms with van der Waals surface area (Å²) in [6.45, 7) is 5.44. The molecule has 19 heavy (non-hydrogen) atoms. The Morgan fingerprint density at radius 1 is 1.21 bits per heavy atom. The molecular weight excluding hydrogens is 332 g/mol. The second-order valence-electron chi connectivity index (χ2n) is 4.53. The number of ether oxygens (including phenoxy) is 1. The van der Waals surface area contributed by atoms with Crippen molar-refractivity contribution in [2.75, 3.05) is 31.0 Å². The normalized spacial score (nSPS) is 17.4. The summed E-state index contributed by atoms with van der Waals surface area (Å²) in [5.41, 5.74) is 2.43. The molecule has 0 amide bonds. The van der Waals surface area contributed by atoms with Gasteiger partial charge in [-0.25, -0.2) is 0 Å². The van der Waals surface area contributed by atoms with Gasteiger partial charge in [-0.05, 0) is 37.1 Å². The van der Waals surface area contributed by atoms with Gasteiger partial charge in [0, 0.05) is 17.6 Å². The van der Waals surface area contributed by atoms with Crippen molar-refractivity contribution in [3.05, 3.63) is 27.7 Å². The summed E-state index contributed by atoms with van der Waals surface area (Å²) >= 11 is 3.40. The molecule has 1 heterocycles. The average molecular weight is 349 g/mol. The zero-order valence-electron chi connectivity index (χ0n) is 10.9. The van der Waals surface area contributed by atoms with Crippen molar-refractivity contribution in [2.24, 2.45) is 0 Å². The molecule has 106 valence electrons. The smallest absolute Gasteiger partial charge is 0.301 e. The van der Waals surface area contributed by atoms with Gasteiger partial charge >= 0.3 is 10.2 Å². The van der Waals surface area contributed by atoms with Gasteiger partial charge in [0.05, 0.1) is 18.9 Å². The van der Waals surface area contributed by atoms with Crippen molar-refractivity contribution in [3.63, 3.8) is 0 Å². The highest BCUT2D eigenvalue weighted by Gasteiger charge is 2.25. The van der Waals surface area contributed by atoms with Crippen molar-refractivity contribution in [1.82, 2.24) is 4.31 Å². The number of halogens is 1. The molecule has 1 aromatic rings. The molecule has 1 aliphatic heterocycles. The van der Waals surface area contributed by atoms with Gasteiger partial charge in [-0.15, -0.1) is 0 Å². The molecule has 5 nitrogen and oxygen atoms in total. The Morgan fingerprint density at radius 3 is 2.26 bits per heavy atom. The van der Waals surface area contributed by atoms with Gasteiger partial charge in [0.15, 0.2) is 0 Å². The summed E-state index contributed by atoms with van der Waals surface area (Å²) in [6, 6.07) is 3.79. The van der Waals surface area contributed by atoms with E-state index < -0.39 is 10.2 Å². The highest BCUT2D eigenvalue weighted by Crippen LogP contribution is 2.26. The molecule has 0 spiro atoms. The van der Waals surface area contributed by atoms with Crippen LogP contribution in [0.25, 0.3) is 0 Å². The van der Waals surface area contributed by atoms with E-state index in [0.717, 1.165) is 15.6 Å². The zero-order chi connectivity index (χ0) is 14.0. The predicted octanol–water partition coefficient (Wildman–Crippen LogP) is 2.05. The molecule has 0 bridgehead atoms. The van der Waals surface area contributed by atoms with E-state index in [1.165, 1.54) is 4.31 Å². The number of rotatable bonds is 3. The van der Waals surface area contributed by atoms with Crippen molar-refractivity contribution < 1.29 is 13.2 Å². The van der Waals surface area contributed by atoms with Crippen LogP contribution in [0.2, 0.25) is 0 Å². The number of hydrogen-bond donors (Lipinski definition) is 1. The van der Waals surface area contributed by atoms with E-state index in [9.17, 15) is 8.42 Å². The first-order valence-corrected chi connectivity index (χ1v) is 8.26. The van der Waals surface area contributed by atoms with Gasteiger partial charge in [0.2, 0.25) is 0 Å². The Kier molecular flexibility index (Phi) is 4.50. The SMILES string of the molecule is Cc1cc(Br)cc(C)c1NS(=O)(=O)N1CCOCC1. The van der Waals surface area contributed by atoms with Gasteiger partial charge in [0.1, 0.15) is 0 Å². The first-order valence-electron chi connectivity index (χ1n) is 6.02. The quantitative estimate of drug-likeness (QED) is 0.909. The predicted molar refractivity (Wildman–Crippen MR) is 78.6 cm³/mol. The molecule has 1 saturated heterocycles. The van der Waals surface area contributed by atoms with E-state index >= 15 is 0 Å². The maximum Gasteiger partial charge on any atom is 0.301 e. The van der Waals surface area contributed by atoms with Crippen LogP contribution >= 0.6 is 15.9 Å². The number of benzene rings is 1. The molecule has 7 heteroatoms. The number of hydrogen-bond acceptors (Lipinski definition) is 3. The monoisotopic (exact) mass is 348 g/mol. The third-order valence-corrected chi connectivity index (χ3v) is 5.00. The summed E-state index contributed by atoms with van der Waals surface area (Å²) in [5, 5.41) is 0. The van der Waals surface area contributed by atoms with Crippen LogP contribution in [0.1, 0.15) is 11.1 Å². The first kappa shape index (κ1) is 14.8. The third kappa shape index (κ3) is 3.47. The molecule has 0 aromatic heterocycles. The summed E-state index contributed by atoms with van der Waals surface area (Å²) < 4.78 is 34.8. The number of aryl methyl sites for hydroxylation is 2. The van der Waals surface area contributed by atoms with Gasteiger partial charge < -0.3 is 4.74 Å². The summed E-state index contributed by atoms with van der Waals surface area (Å²) in [5.74, 6) is 0. The summed E-state index contributed by atoms with van der Waals surface area (Å²) in [6.07, 6.45) is 0. The van der Waals surface area contributed by atoms with Crippen molar-refractivity contribution in [3.8, 4) is 0 Å². The lowest BCUT2D eigenvalue weighted by molar-refractivity contribution is 0.0733. The standard InChI is InChI=1S/C12H17BrN2O3S/c1-9-7-11(13)8-10(2)12(9)14-19(16,17)15-3-5-18-6-4-15/h7-8,14H,3-6H2,1-2H3. The fraction of sp³-hybridized carbons (Fsp3) is 0.500. The second kappa shape index (κ2) is 5.78. The number of nitrogens with one attached hydrogen (secondary N) is 1. The Bertz CT molecular complexity index is 545. The van der Waals surface area contributed by atoms with Crippen LogP contribution in [0.4, 0.5) is 5.69 Å². The third-order valence-electron chi connectivity index (χ3n) is 3.04. The molecule has 0 saturated carbocycles. The van der Waals surface area contributed by atoms with Gasteiger partial charge in [-0.1, -0.05) is 15.9 Å². The molecule has 1 fully saturated rings. The van der Waals surface area contributed by atoms with Gasteiger partial charge in [-0.3, -0.25) is 4.72 Å². The zero-order valence-corrected chi connectivity index (χ0v) is 13.3. The minimum atomic E-state index is -3.51. The molecule has 0 radical (unpaired) electrons. The number of morpholine rings is 1. The summed E-state index contributed by atoms with van der Waals surface area (Å²) in [7, 11) is -3.51. The summed E-state index contributed by atoms with van der Waals surface area (Å²) in [4.78, 5) is 0. The Morgan fingerprint density at radius 2 is 1.74 bits per heavy atom. The molecule has 0 atom stereocenters. The number of nitrogens with zero attached hydrogens (tertiary/aromatic N) is 1. The number of anilines is 1. The van der Waals surface area contributed by atoms with Crippen LogP contribution in [0.15, 0.2) is 16.6 Å². The van der Waals surface area contributed by atoms with Crippen LogP contribution in [-0.4, -0.2) is 39.0 Å². The van der Waals surface area contributed by atoms with Gasteiger partial charge in [0.25, 0.3) is 0 Å². The maximum atomic E-state index is 12.3. The van der Waals surface area contributed by atoms with Crippen LogP contribution in [0.5, 0.6) is 0 Å². The molecule has 0 aliphatic carbocycles. The van der Waals surface area contributed by atoms with Crippen molar-refractivity contribution >= 4 is 31.8 Å². The molecule has 2 rings (SSSR count). The van der Waals surface area contributed by atoms with Crippen LogP contribution in [-0.2, 0) is 14.9 Å². The average Bonchev–Trinajstić information content (AvgIpc) is 2.35. The topological polar surface area (TPSA) is 58.6 Å². The second-order valence-corrected chi connectivity index (χ2v) is 7.12. The molecule has 1 aromatic carbocycles. The molecule has 0 unspecified atom stereocenters. The Labute approximate surface area is 122 Å². The van der Waals surface area contributed by atoms with E-state index in [4.69, 9.17) is 4.74 Å². The highest BCUT2D eigenvalue weighted by atomic mass is 79.9. The lowest BCUT2D eigenvalue weighted by Gasteiger charge is -2.27. The van der Waals surface area contributed by atoms with E-state index in [1.807, 2.05) is 26.0 Å². The lowest BCUT2D eigenvalue weighted by atomic mass is 10.1. The van der Waals surface area contributed by atoms with Crippen LogP contribution < -0.4 is 4.72 Å². The van der Waals surface area contributed by atoms with Crippen molar-refractivity contribution in [1.29, 1.82) is 0 Å². The van der Waals surface area contributed by atoms with E-state index in [1.54, 1.807) is 0 Å². The molecular formula is C12H17BrN2O3S. The Balaban J connectivity index is 2.25. The maximum absolute atomic E-state index is 12.3. The highest BCUT2D eigenvalue weighted by molar-refractivity contribution is 9.10. The van der Waals surface area contributed by atoms with Crippen LogP contribution in [0, 0.1) is 13.8 Å². The van der Waals surface area contributed by atoms with E-state index in [2.05, 4.69) is 20.7 Å². The van der Waals surface area contributed by atoms with E-state index in [-0.39, 0.29) is 0 Å². The fourth-order valence-corrected chi connectivity index (χ4v) is 4.08. The molecule has 1 N–H and O–H groups in total. The van der Waals surface area contributed by atoms with Crippen LogP contribution in [0.3, 0.4) is 0 Å². The lowest BCUT2D eigenvalue weighted by Crippen LogP contribution is -2.43. The van der Waals surface area contributed by atoms with Gasteiger partial charge in [-0.2, -0.15) is 12.7 Å². The van der Waals surface area contributed by atoms with E-state index in [0.29, 0.717) is 32.0 Å². The fourth-order valence-electron chi connectivity index (χ4n) is 2.05. The first-order chi connectivity index (χ1) is 8.90. The van der Waals surface area contributed by atoms with Crippen molar-refractivity contribution in [2.45, 2.75) is 13.8 Å². The molecule has 1 aliphatic rings.